The maximum absolute atomic E-state index is 8.50. The topological polar surface area (TPSA) is 54.3 Å². The van der Waals surface area contributed by atoms with Crippen LogP contribution in [0.2, 0.25) is 0 Å². The second kappa shape index (κ2) is 7.13. The first kappa shape index (κ1) is 13.9. The van der Waals surface area contributed by atoms with Crippen LogP contribution in [0.1, 0.15) is 24.8 Å². The van der Waals surface area contributed by atoms with E-state index < -0.39 is 0 Å². The smallest absolute Gasteiger partial charge is 0.174 e. The molecule has 1 fully saturated rings. The lowest BCUT2D eigenvalue weighted by molar-refractivity contribution is 0.0847. The van der Waals surface area contributed by atoms with Crippen molar-refractivity contribution in [2.75, 3.05) is 13.7 Å². The zero-order valence-corrected chi connectivity index (χ0v) is 11.3. The van der Waals surface area contributed by atoms with Crippen molar-refractivity contribution in [2.45, 2.75) is 38.0 Å². The Morgan fingerprint density at radius 2 is 2.32 bits per heavy atom. The van der Waals surface area contributed by atoms with Crippen LogP contribution in [0.15, 0.2) is 24.3 Å². The molecule has 0 aliphatic heterocycles. The number of nitrogens with one attached hydrogen (secondary N) is 1. The van der Waals surface area contributed by atoms with E-state index in [1.54, 1.807) is 7.11 Å². The van der Waals surface area contributed by atoms with Crippen LogP contribution in [-0.2, 0) is 11.3 Å². The Bertz CT molecular complexity index is 442. The van der Waals surface area contributed by atoms with Crippen molar-refractivity contribution < 1.29 is 9.47 Å². The molecule has 0 aromatic heterocycles. The van der Waals surface area contributed by atoms with Crippen LogP contribution >= 0.6 is 0 Å². The van der Waals surface area contributed by atoms with Gasteiger partial charge in [-0.2, -0.15) is 5.26 Å². The molecule has 1 aromatic carbocycles. The standard InChI is InChI=1S/C15H20N2O2/c1-18-15-7-3-6-14(15)17-11-12-4-2-5-13(10-12)19-9-8-16/h2,4-5,10,14-15,17H,3,6-7,9,11H2,1H3. The van der Waals surface area contributed by atoms with Gasteiger partial charge in [0.1, 0.15) is 11.8 Å². The number of ether oxygens (including phenoxy) is 2. The molecule has 4 nitrogen and oxygen atoms in total. The Kier molecular flexibility index (Phi) is 5.20. The number of benzene rings is 1. The number of rotatable bonds is 6. The van der Waals surface area contributed by atoms with Crippen LogP contribution in [0.3, 0.4) is 0 Å². The van der Waals surface area contributed by atoms with E-state index in [2.05, 4.69) is 11.4 Å². The number of nitriles is 1. The van der Waals surface area contributed by atoms with E-state index in [4.69, 9.17) is 14.7 Å². The van der Waals surface area contributed by atoms with Crippen molar-refractivity contribution in [3.05, 3.63) is 29.8 Å². The largest absolute Gasteiger partial charge is 0.479 e. The maximum Gasteiger partial charge on any atom is 0.174 e. The second-order valence-corrected chi connectivity index (χ2v) is 4.79. The van der Waals surface area contributed by atoms with Gasteiger partial charge in [0.2, 0.25) is 0 Å². The van der Waals surface area contributed by atoms with Crippen molar-refractivity contribution >= 4 is 0 Å². The minimum absolute atomic E-state index is 0.0885. The van der Waals surface area contributed by atoms with Crippen molar-refractivity contribution in [3.8, 4) is 11.8 Å². The van der Waals surface area contributed by atoms with Gasteiger partial charge in [-0.05, 0) is 37.0 Å². The Hall–Kier alpha value is -1.57. The van der Waals surface area contributed by atoms with Crippen molar-refractivity contribution in [3.63, 3.8) is 0 Å². The summed E-state index contributed by atoms with van der Waals surface area (Å²) in [6, 6.07) is 10.3. The molecule has 2 unspecified atom stereocenters. The summed E-state index contributed by atoms with van der Waals surface area (Å²) in [6.45, 7) is 0.888. The quantitative estimate of drug-likeness (QED) is 0.852. The number of nitrogens with zero attached hydrogens (tertiary/aromatic N) is 1. The third-order valence-electron chi connectivity index (χ3n) is 3.53. The molecule has 1 saturated carbocycles. The zero-order chi connectivity index (χ0) is 13.5. The van der Waals surface area contributed by atoms with E-state index in [0.717, 1.165) is 24.3 Å². The lowest BCUT2D eigenvalue weighted by atomic mass is 10.1. The van der Waals surface area contributed by atoms with Gasteiger partial charge in [-0.25, -0.2) is 0 Å². The summed E-state index contributed by atoms with van der Waals surface area (Å²) in [5, 5.41) is 12.0. The Morgan fingerprint density at radius 1 is 1.42 bits per heavy atom. The lowest BCUT2D eigenvalue weighted by Crippen LogP contribution is -2.36. The van der Waals surface area contributed by atoms with Crippen LogP contribution in [0.5, 0.6) is 5.75 Å². The molecule has 1 N–H and O–H groups in total. The molecule has 102 valence electrons. The molecular formula is C15H20N2O2. The maximum atomic E-state index is 8.50. The van der Waals surface area contributed by atoms with E-state index >= 15 is 0 Å². The predicted molar refractivity (Wildman–Crippen MR) is 72.8 cm³/mol. The normalized spacial score (nSPS) is 22.1. The van der Waals surface area contributed by atoms with Gasteiger partial charge in [-0.3, -0.25) is 0 Å². The highest BCUT2D eigenvalue weighted by Gasteiger charge is 2.26. The van der Waals surface area contributed by atoms with Gasteiger partial charge in [0.25, 0.3) is 0 Å². The monoisotopic (exact) mass is 260 g/mol. The molecule has 2 rings (SSSR count). The van der Waals surface area contributed by atoms with Gasteiger partial charge in [0, 0.05) is 19.7 Å². The SMILES string of the molecule is COC1CCCC1NCc1cccc(OCC#N)c1. The van der Waals surface area contributed by atoms with E-state index in [9.17, 15) is 0 Å². The molecule has 1 aromatic rings. The predicted octanol–water partition coefficient (Wildman–Crippen LogP) is 2.25. The highest BCUT2D eigenvalue weighted by Crippen LogP contribution is 2.22. The summed E-state index contributed by atoms with van der Waals surface area (Å²) >= 11 is 0. The molecule has 0 spiro atoms. The Morgan fingerprint density at radius 3 is 3.11 bits per heavy atom. The molecule has 4 heteroatoms. The highest BCUT2D eigenvalue weighted by molar-refractivity contribution is 5.28. The fraction of sp³-hybridized carbons (Fsp3) is 0.533. The first-order valence-electron chi connectivity index (χ1n) is 6.68. The van der Waals surface area contributed by atoms with E-state index in [1.807, 2.05) is 24.3 Å². The molecule has 0 saturated heterocycles. The molecule has 19 heavy (non-hydrogen) atoms. The van der Waals surface area contributed by atoms with E-state index in [1.165, 1.54) is 12.8 Å². The summed E-state index contributed by atoms with van der Waals surface area (Å²) in [7, 11) is 1.78. The second-order valence-electron chi connectivity index (χ2n) is 4.79. The van der Waals surface area contributed by atoms with Gasteiger partial charge >= 0.3 is 0 Å². The van der Waals surface area contributed by atoms with Gasteiger partial charge in [0.05, 0.1) is 6.10 Å². The molecule has 2 atom stereocenters. The van der Waals surface area contributed by atoms with Crippen molar-refractivity contribution in [2.24, 2.45) is 0 Å². The van der Waals surface area contributed by atoms with E-state index in [0.29, 0.717) is 12.1 Å². The number of hydrogen-bond acceptors (Lipinski definition) is 4. The number of hydrogen-bond donors (Lipinski definition) is 1. The highest BCUT2D eigenvalue weighted by atomic mass is 16.5. The Labute approximate surface area is 114 Å². The molecule has 1 aliphatic rings. The van der Waals surface area contributed by atoms with Crippen molar-refractivity contribution in [1.29, 1.82) is 5.26 Å². The van der Waals surface area contributed by atoms with Gasteiger partial charge in [-0.15, -0.1) is 0 Å². The third kappa shape index (κ3) is 3.95. The molecule has 0 bridgehead atoms. The van der Waals surface area contributed by atoms with Gasteiger partial charge in [0.15, 0.2) is 6.61 Å². The molecule has 1 aliphatic carbocycles. The zero-order valence-electron chi connectivity index (χ0n) is 11.3. The number of methoxy groups -OCH3 is 1. The summed E-state index contributed by atoms with van der Waals surface area (Å²) in [5.41, 5.74) is 1.16. The average Bonchev–Trinajstić information content (AvgIpc) is 2.91. The first-order valence-corrected chi connectivity index (χ1v) is 6.68. The molecule has 0 amide bonds. The van der Waals surface area contributed by atoms with Crippen LogP contribution in [0.4, 0.5) is 0 Å². The Balaban J connectivity index is 1.87. The first-order chi connectivity index (χ1) is 9.33. The van der Waals surface area contributed by atoms with Crippen LogP contribution in [-0.4, -0.2) is 25.9 Å². The van der Waals surface area contributed by atoms with E-state index in [-0.39, 0.29) is 6.61 Å². The summed E-state index contributed by atoms with van der Waals surface area (Å²) in [5.74, 6) is 0.746. The van der Waals surface area contributed by atoms with Crippen LogP contribution in [0, 0.1) is 11.3 Å². The lowest BCUT2D eigenvalue weighted by Gasteiger charge is -2.19. The average molecular weight is 260 g/mol. The van der Waals surface area contributed by atoms with Gasteiger partial charge in [-0.1, -0.05) is 12.1 Å². The minimum Gasteiger partial charge on any atom is -0.479 e. The molecule has 0 radical (unpaired) electrons. The minimum atomic E-state index is 0.0885. The molecular weight excluding hydrogens is 240 g/mol. The molecule has 0 heterocycles. The van der Waals surface area contributed by atoms with Gasteiger partial charge < -0.3 is 14.8 Å². The third-order valence-corrected chi connectivity index (χ3v) is 3.53. The summed E-state index contributed by atoms with van der Waals surface area (Å²) in [4.78, 5) is 0. The summed E-state index contributed by atoms with van der Waals surface area (Å²) < 4.78 is 10.8. The van der Waals surface area contributed by atoms with Crippen LogP contribution < -0.4 is 10.1 Å². The van der Waals surface area contributed by atoms with Crippen LogP contribution in [0.25, 0.3) is 0 Å². The fourth-order valence-corrected chi connectivity index (χ4v) is 2.55. The summed E-state index contributed by atoms with van der Waals surface area (Å²) in [6.07, 6.45) is 3.86. The van der Waals surface area contributed by atoms with Crippen molar-refractivity contribution in [1.82, 2.24) is 5.32 Å². The fourth-order valence-electron chi connectivity index (χ4n) is 2.55.